The summed E-state index contributed by atoms with van der Waals surface area (Å²) < 4.78 is 12.5. The summed E-state index contributed by atoms with van der Waals surface area (Å²) in [5.41, 5.74) is 8.41. The van der Waals surface area contributed by atoms with Gasteiger partial charge in [-0.1, -0.05) is 13.8 Å². The van der Waals surface area contributed by atoms with E-state index < -0.39 is 0 Å². The largest absolute Gasteiger partial charge is 0.486 e. The van der Waals surface area contributed by atoms with Crippen molar-refractivity contribution in [2.24, 2.45) is 5.73 Å². The molecule has 0 bridgehead atoms. The van der Waals surface area contributed by atoms with Crippen LogP contribution >= 0.6 is 15.9 Å². The van der Waals surface area contributed by atoms with Gasteiger partial charge in [-0.15, -0.1) is 0 Å². The lowest BCUT2D eigenvalue weighted by atomic mass is 9.92. The SMILES string of the molecule is CC(N)Cc1cc(Br)c2c(c1C(C)C)OCCO2. The molecular weight excluding hydrogens is 294 g/mol. The summed E-state index contributed by atoms with van der Waals surface area (Å²) in [7, 11) is 0. The minimum Gasteiger partial charge on any atom is -0.486 e. The van der Waals surface area contributed by atoms with Crippen LogP contribution < -0.4 is 15.2 Å². The van der Waals surface area contributed by atoms with Crippen molar-refractivity contribution < 1.29 is 9.47 Å². The number of ether oxygens (including phenoxy) is 2. The van der Waals surface area contributed by atoms with Crippen molar-refractivity contribution in [3.8, 4) is 11.5 Å². The highest BCUT2D eigenvalue weighted by molar-refractivity contribution is 9.10. The maximum Gasteiger partial charge on any atom is 0.175 e. The fourth-order valence-corrected chi connectivity index (χ4v) is 2.96. The summed E-state index contributed by atoms with van der Waals surface area (Å²) in [6.45, 7) is 7.59. The molecule has 1 unspecified atom stereocenters. The van der Waals surface area contributed by atoms with E-state index in [1.807, 2.05) is 6.92 Å². The van der Waals surface area contributed by atoms with Crippen molar-refractivity contribution in [1.29, 1.82) is 0 Å². The molecule has 0 spiro atoms. The number of halogens is 1. The smallest absolute Gasteiger partial charge is 0.175 e. The van der Waals surface area contributed by atoms with Crippen LogP contribution in [0.2, 0.25) is 0 Å². The van der Waals surface area contributed by atoms with Crippen molar-refractivity contribution in [3.05, 3.63) is 21.7 Å². The summed E-state index contributed by atoms with van der Waals surface area (Å²) in [6, 6.07) is 2.25. The first-order chi connectivity index (χ1) is 8.50. The molecule has 1 aliphatic heterocycles. The third kappa shape index (κ3) is 2.64. The van der Waals surface area contributed by atoms with Gasteiger partial charge >= 0.3 is 0 Å². The van der Waals surface area contributed by atoms with Gasteiger partial charge in [0.1, 0.15) is 13.2 Å². The molecule has 0 amide bonds. The predicted octanol–water partition coefficient (Wildman–Crippen LogP) is 3.23. The fraction of sp³-hybridized carbons (Fsp3) is 0.571. The molecule has 0 saturated carbocycles. The molecule has 0 aromatic heterocycles. The van der Waals surface area contributed by atoms with Gasteiger partial charge in [0.05, 0.1) is 4.47 Å². The molecule has 3 nitrogen and oxygen atoms in total. The van der Waals surface area contributed by atoms with E-state index in [-0.39, 0.29) is 6.04 Å². The Morgan fingerprint density at radius 3 is 2.39 bits per heavy atom. The van der Waals surface area contributed by atoms with Crippen molar-refractivity contribution in [2.45, 2.75) is 39.2 Å². The lowest BCUT2D eigenvalue weighted by Crippen LogP contribution is -2.22. The summed E-state index contributed by atoms with van der Waals surface area (Å²) in [4.78, 5) is 0. The van der Waals surface area contributed by atoms with Gasteiger partial charge in [-0.3, -0.25) is 0 Å². The molecule has 2 rings (SSSR count). The molecule has 18 heavy (non-hydrogen) atoms. The van der Waals surface area contributed by atoms with Gasteiger partial charge in [0.15, 0.2) is 11.5 Å². The summed E-state index contributed by atoms with van der Waals surface area (Å²) in [5.74, 6) is 2.11. The van der Waals surface area contributed by atoms with E-state index in [0.717, 1.165) is 22.4 Å². The second kappa shape index (κ2) is 5.49. The predicted molar refractivity (Wildman–Crippen MR) is 76.6 cm³/mol. The Balaban J connectivity index is 2.56. The average molecular weight is 314 g/mol. The van der Waals surface area contributed by atoms with Crippen LogP contribution in [0.25, 0.3) is 0 Å². The van der Waals surface area contributed by atoms with E-state index >= 15 is 0 Å². The molecule has 0 aliphatic carbocycles. The molecule has 1 aliphatic rings. The van der Waals surface area contributed by atoms with Gasteiger partial charge in [0.25, 0.3) is 0 Å². The first kappa shape index (κ1) is 13.7. The number of nitrogens with two attached hydrogens (primary N) is 1. The summed E-state index contributed by atoms with van der Waals surface area (Å²) in [6.07, 6.45) is 0.850. The zero-order chi connectivity index (χ0) is 13.3. The van der Waals surface area contributed by atoms with E-state index in [9.17, 15) is 0 Å². The van der Waals surface area contributed by atoms with Crippen LogP contribution in [0.15, 0.2) is 10.5 Å². The van der Waals surface area contributed by atoms with E-state index in [0.29, 0.717) is 19.1 Å². The third-order valence-electron chi connectivity index (χ3n) is 3.01. The van der Waals surface area contributed by atoms with Gasteiger partial charge in [-0.05, 0) is 46.8 Å². The van der Waals surface area contributed by atoms with Crippen molar-refractivity contribution in [1.82, 2.24) is 0 Å². The van der Waals surface area contributed by atoms with E-state index in [4.69, 9.17) is 15.2 Å². The maximum absolute atomic E-state index is 5.93. The summed E-state index contributed by atoms with van der Waals surface area (Å²) >= 11 is 3.56. The molecule has 1 atom stereocenters. The van der Waals surface area contributed by atoms with Crippen molar-refractivity contribution >= 4 is 15.9 Å². The lowest BCUT2D eigenvalue weighted by Gasteiger charge is -2.26. The van der Waals surface area contributed by atoms with Gasteiger partial charge in [-0.25, -0.2) is 0 Å². The first-order valence-electron chi connectivity index (χ1n) is 6.37. The number of benzene rings is 1. The monoisotopic (exact) mass is 313 g/mol. The van der Waals surface area contributed by atoms with E-state index in [1.54, 1.807) is 0 Å². The van der Waals surface area contributed by atoms with Crippen LogP contribution in [0.1, 0.15) is 37.8 Å². The highest BCUT2D eigenvalue weighted by Gasteiger charge is 2.24. The van der Waals surface area contributed by atoms with Gasteiger partial charge in [-0.2, -0.15) is 0 Å². The highest BCUT2D eigenvalue weighted by Crippen LogP contribution is 2.45. The number of hydrogen-bond acceptors (Lipinski definition) is 3. The van der Waals surface area contributed by atoms with Crippen molar-refractivity contribution in [3.63, 3.8) is 0 Å². The second-order valence-corrected chi connectivity index (χ2v) is 5.98. The molecule has 2 N–H and O–H groups in total. The Labute approximate surface area is 117 Å². The highest BCUT2D eigenvalue weighted by atomic mass is 79.9. The van der Waals surface area contributed by atoms with E-state index in [2.05, 4.69) is 35.8 Å². The normalized spacial score (nSPS) is 15.9. The van der Waals surface area contributed by atoms with Crippen LogP contribution in [0.5, 0.6) is 11.5 Å². The quantitative estimate of drug-likeness (QED) is 0.931. The second-order valence-electron chi connectivity index (χ2n) is 5.12. The zero-order valence-corrected chi connectivity index (χ0v) is 12.7. The fourth-order valence-electron chi connectivity index (χ4n) is 2.39. The Kier molecular flexibility index (Phi) is 4.17. The minimum atomic E-state index is 0.136. The van der Waals surface area contributed by atoms with Crippen LogP contribution in [0.3, 0.4) is 0 Å². The van der Waals surface area contributed by atoms with E-state index in [1.165, 1.54) is 11.1 Å². The van der Waals surface area contributed by atoms with Crippen LogP contribution in [0.4, 0.5) is 0 Å². The summed E-state index contributed by atoms with van der Waals surface area (Å²) in [5, 5.41) is 0. The standard InChI is InChI=1S/C14H20BrNO2/c1-8(2)12-10(6-9(3)16)7-11(15)13-14(12)18-5-4-17-13/h7-9H,4-6,16H2,1-3H3. The van der Waals surface area contributed by atoms with Gasteiger partial charge in [0, 0.05) is 11.6 Å². The Morgan fingerprint density at radius 1 is 1.22 bits per heavy atom. The van der Waals surface area contributed by atoms with Crippen LogP contribution in [-0.4, -0.2) is 19.3 Å². The lowest BCUT2D eigenvalue weighted by molar-refractivity contribution is 0.168. The molecule has 1 aromatic carbocycles. The zero-order valence-electron chi connectivity index (χ0n) is 11.1. The Hall–Kier alpha value is -0.740. The number of fused-ring (bicyclic) bond motifs is 1. The number of hydrogen-bond donors (Lipinski definition) is 1. The Morgan fingerprint density at radius 2 is 1.83 bits per heavy atom. The van der Waals surface area contributed by atoms with Gasteiger partial charge < -0.3 is 15.2 Å². The molecule has 4 heteroatoms. The molecule has 0 fully saturated rings. The average Bonchev–Trinajstić information content (AvgIpc) is 2.27. The first-order valence-corrected chi connectivity index (χ1v) is 7.16. The third-order valence-corrected chi connectivity index (χ3v) is 3.60. The van der Waals surface area contributed by atoms with Crippen LogP contribution in [0, 0.1) is 0 Å². The molecule has 1 heterocycles. The Bertz CT molecular complexity index is 444. The maximum atomic E-state index is 5.93. The molecule has 1 aromatic rings. The van der Waals surface area contributed by atoms with Gasteiger partial charge in [0.2, 0.25) is 0 Å². The molecule has 0 saturated heterocycles. The molecule has 100 valence electrons. The molecule has 0 radical (unpaired) electrons. The topological polar surface area (TPSA) is 44.5 Å². The molecular formula is C14H20BrNO2. The minimum absolute atomic E-state index is 0.136. The number of rotatable bonds is 3. The van der Waals surface area contributed by atoms with Crippen LogP contribution in [-0.2, 0) is 6.42 Å². The van der Waals surface area contributed by atoms with Crippen molar-refractivity contribution in [2.75, 3.05) is 13.2 Å².